The van der Waals surface area contributed by atoms with Gasteiger partial charge in [0, 0.05) is 28.6 Å². The maximum atomic E-state index is 9.47. The molecule has 7 rings (SSSR count). The monoisotopic (exact) mass is 478 g/mol. The van der Waals surface area contributed by atoms with Gasteiger partial charge in [-0.25, -0.2) is 4.98 Å². The van der Waals surface area contributed by atoms with E-state index in [4.69, 9.17) is 4.98 Å². The number of hydrogen-bond donors (Lipinski definition) is 0. The first kappa shape index (κ1) is 21.3. The first-order chi connectivity index (χ1) is 18.1. The van der Waals surface area contributed by atoms with E-state index in [0.717, 1.165) is 39.0 Å². The Bertz CT molecular complexity index is 1840. The molecule has 6 heteroatoms. The van der Waals surface area contributed by atoms with Crippen LogP contribution in [0.15, 0.2) is 97.6 Å². The number of aromatic nitrogens is 4. The molecule has 0 atom stereocenters. The predicted molar refractivity (Wildman–Crippen MR) is 146 cm³/mol. The molecule has 0 spiro atoms. The molecule has 0 bridgehead atoms. The zero-order valence-electron chi connectivity index (χ0n) is 20.4. The van der Waals surface area contributed by atoms with Gasteiger partial charge in [-0.15, -0.1) is 0 Å². The van der Waals surface area contributed by atoms with Crippen LogP contribution in [0.1, 0.15) is 30.5 Å². The molecule has 6 aromatic rings. The minimum atomic E-state index is -0.146. The lowest BCUT2D eigenvalue weighted by molar-refractivity contribution is 0.631. The highest BCUT2D eigenvalue weighted by Crippen LogP contribution is 2.51. The Kier molecular flexibility index (Phi) is 4.45. The summed E-state index contributed by atoms with van der Waals surface area (Å²) in [5, 5.41) is 11.4. The smallest absolute Gasteiger partial charge is 0.158 e. The van der Waals surface area contributed by atoms with Crippen molar-refractivity contribution >= 4 is 39.0 Å². The SMILES string of the molecule is CC1(C)c2ccccc2N(c2cncc(-n3c4ccncc4c4cc(C#N)ccc43)n2)c2ccccc21. The number of nitrogens with zero attached hydrogens (tertiary/aromatic N) is 6. The Labute approximate surface area is 214 Å². The number of pyridine rings is 1. The molecule has 0 unspecified atom stereocenters. The van der Waals surface area contributed by atoms with E-state index in [-0.39, 0.29) is 5.41 Å². The van der Waals surface area contributed by atoms with Crippen molar-refractivity contribution in [1.82, 2.24) is 19.5 Å². The predicted octanol–water partition coefficient (Wildman–Crippen LogP) is 6.95. The molecule has 176 valence electrons. The van der Waals surface area contributed by atoms with Gasteiger partial charge in [-0.2, -0.15) is 5.26 Å². The molecule has 0 N–H and O–H groups in total. The van der Waals surface area contributed by atoms with Crippen molar-refractivity contribution in [2.45, 2.75) is 19.3 Å². The van der Waals surface area contributed by atoms with E-state index in [2.05, 4.69) is 87.9 Å². The van der Waals surface area contributed by atoms with Gasteiger partial charge >= 0.3 is 0 Å². The standard InChI is InChI=1S/C31H22N6/c1-31(2)23-7-3-5-9-27(23)37(28-10-6-4-8-24(28)31)30-19-34-18-29(35-30)36-25-12-11-20(16-32)15-21(25)22-17-33-14-13-26(22)36/h3-15,17-19H,1-2H3. The molecule has 37 heavy (non-hydrogen) atoms. The van der Waals surface area contributed by atoms with Crippen LogP contribution in [-0.2, 0) is 5.41 Å². The number of nitriles is 1. The van der Waals surface area contributed by atoms with Gasteiger partial charge in [-0.1, -0.05) is 50.2 Å². The second-order valence-electron chi connectivity index (χ2n) is 9.80. The number of rotatable bonds is 2. The van der Waals surface area contributed by atoms with Gasteiger partial charge in [0.05, 0.1) is 46.4 Å². The third-order valence-corrected chi connectivity index (χ3v) is 7.40. The summed E-state index contributed by atoms with van der Waals surface area (Å²) in [6.45, 7) is 4.54. The Morgan fingerprint density at radius 1 is 0.730 bits per heavy atom. The zero-order chi connectivity index (χ0) is 25.1. The van der Waals surface area contributed by atoms with Crippen LogP contribution in [0.2, 0.25) is 0 Å². The summed E-state index contributed by atoms with van der Waals surface area (Å²) in [7, 11) is 0. The van der Waals surface area contributed by atoms with E-state index in [1.807, 2.05) is 36.7 Å². The maximum Gasteiger partial charge on any atom is 0.158 e. The highest BCUT2D eigenvalue weighted by atomic mass is 15.2. The van der Waals surface area contributed by atoms with Crippen LogP contribution in [-0.4, -0.2) is 19.5 Å². The van der Waals surface area contributed by atoms with Crippen molar-refractivity contribution < 1.29 is 0 Å². The molecule has 0 saturated carbocycles. The van der Waals surface area contributed by atoms with Gasteiger partial charge in [-0.05, 0) is 47.5 Å². The molecule has 4 heterocycles. The topological polar surface area (TPSA) is 70.6 Å². The third kappa shape index (κ3) is 3.01. The Morgan fingerprint density at radius 2 is 1.41 bits per heavy atom. The summed E-state index contributed by atoms with van der Waals surface area (Å²) < 4.78 is 2.09. The first-order valence-electron chi connectivity index (χ1n) is 12.2. The fraction of sp³-hybridized carbons (Fsp3) is 0.0968. The zero-order valence-corrected chi connectivity index (χ0v) is 20.4. The number of anilines is 3. The summed E-state index contributed by atoms with van der Waals surface area (Å²) in [6.07, 6.45) is 7.22. The lowest BCUT2D eigenvalue weighted by Gasteiger charge is -2.41. The van der Waals surface area contributed by atoms with Gasteiger partial charge in [0.25, 0.3) is 0 Å². The van der Waals surface area contributed by atoms with Gasteiger partial charge in [-0.3, -0.25) is 19.4 Å². The molecular formula is C31H22N6. The van der Waals surface area contributed by atoms with Crippen molar-refractivity contribution in [1.29, 1.82) is 5.26 Å². The Balaban J connectivity index is 1.49. The molecule has 3 aromatic heterocycles. The van der Waals surface area contributed by atoms with Crippen LogP contribution in [0, 0.1) is 11.3 Å². The number of hydrogen-bond acceptors (Lipinski definition) is 5. The molecule has 0 saturated heterocycles. The van der Waals surface area contributed by atoms with Gasteiger partial charge < -0.3 is 0 Å². The lowest BCUT2D eigenvalue weighted by Crippen LogP contribution is -2.31. The maximum absolute atomic E-state index is 9.47. The largest absolute Gasteiger partial charge is 0.293 e. The van der Waals surface area contributed by atoms with Crippen LogP contribution >= 0.6 is 0 Å². The van der Waals surface area contributed by atoms with Crippen LogP contribution in [0.4, 0.5) is 17.2 Å². The molecule has 0 radical (unpaired) electrons. The van der Waals surface area contributed by atoms with Crippen molar-refractivity contribution in [2.24, 2.45) is 0 Å². The average Bonchev–Trinajstić information content (AvgIpc) is 3.27. The van der Waals surface area contributed by atoms with Gasteiger partial charge in [0.1, 0.15) is 0 Å². The minimum Gasteiger partial charge on any atom is -0.293 e. The molecular weight excluding hydrogens is 456 g/mol. The van der Waals surface area contributed by atoms with E-state index < -0.39 is 0 Å². The average molecular weight is 479 g/mol. The molecule has 6 nitrogen and oxygen atoms in total. The normalized spacial score (nSPS) is 13.8. The van der Waals surface area contributed by atoms with Crippen LogP contribution in [0.5, 0.6) is 0 Å². The van der Waals surface area contributed by atoms with Crippen LogP contribution < -0.4 is 4.90 Å². The number of fused-ring (bicyclic) bond motifs is 5. The van der Waals surface area contributed by atoms with Crippen molar-refractivity contribution in [3.05, 3.63) is 114 Å². The Morgan fingerprint density at radius 3 is 2.14 bits per heavy atom. The second kappa shape index (κ2) is 7.74. The quantitative estimate of drug-likeness (QED) is 0.269. The van der Waals surface area contributed by atoms with Gasteiger partial charge in [0.2, 0.25) is 0 Å². The third-order valence-electron chi connectivity index (χ3n) is 7.40. The summed E-state index contributed by atoms with van der Waals surface area (Å²) in [6, 6.07) is 27.0. The van der Waals surface area contributed by atoms with Crippen molar-refractivity contribution in [3.8, 4) is 11.9 Å². The van der Waals surface area contributed by atoms with Crippen LogP contribution in [0.25, 0.3) is 27.6 Å². The van der Waals surface area contributed by atoms with E-state index in [1.165, 1.54) is 11.1 Å². The molecule has 1 aliphatic heterocycles. The fourth-order valence-electron chi connectivity index (χ4n) is 5.66. The molecule has 0 aliphatic carbocycles. The van der Waals surface area contributed by atoms with E-state index >= 15 is 0 Å². The number of para-hydroxylation sites is 2. The van der Waals surface area contributed by atoms with Gasteiger partial charge in [0.15, 0.2) is 11.6 Å². The van der Waals surface area contributed by atoms with E-state index in [1.54, 1.807) is 12.4 Å². The summed E-state index contributed by atoms with van der Waals surface area (Å²) in [4.78, 5) is 16.4. The molecule has 0 fully saturated rings. The highest BCUT2D eigenvalue weighted by molar-refractivity contribution is 6.09. The fourth-order valence-corrected chi connectivity index (χ4v) is 5.66. The second-order valence-corrected chi connectivity index (χ2v) is 9.80. The Hall–Kier alpha value is -5.02. The molecule has 1 aliphatic rings. The lowest BCUT2D eigenvalue weighted by atomic mass is 9.74. The first-order valence-corrected chi connectivity index (χ1v) is 12.2. The van der Waals surface area contributed by atoms with Crippen molar-refractivity contribution in [3.63, 3.8) is 0 Å². The van der Waals surface area contributed by atoms with E-state index in [0.29, 0.717) is 11.4 Å². The highest BCUT2D eigenvalue weighted by Gasteiger charge is 2.37. The summed E-state index contributed by atoms with van der Waals surface area (Å²) in [5.41, 5.74) is 7.07. The summed E-state index contributed by atoms with van der Waals surface area (Å²) in [5.74, 6) is 1.44. The van der Waals surface area contributed by atoms with Crippen LogP contribution in [0.3, 0.4) is 0 Å². The van der Waals surface area contributed by atoms with Crippen molar-refractivity contribution in [2.75, 3.05) is 4.90 Å². The minimum absolute atomic E-state index is 0.146. The molecule has 0 amide bonds. The number of benzene rings is 3. The summed E-state index contributed by atoms with van der Waals surface area (Å²) >= 11 is 0. The van der Waals surface area contributed by atoms with E-state index in [9.17, 15) is 5.26 Å². The molecule has 3 aromatic carbocycles.